The summed E-state index contributed by atoms with van der Waals surface area (Å²) in [5, 5.41) is 8.88. The molecular formula is C20H30O3. The molecule has 0 amide bonds. The van der Waals surface area contributed by atoms with Gasteiger partial charge in [0.2, 0.25) is 0 Å². The molecule has 1 unspecified atom stereocenters. The third-order valence-corrected chi connectivity index (χ3v) is 4.32. The molecule has 3 nitrogen and oxygen atoms in total. The van der Waals surface area contributed by atoms with Crippen molar-refractivity contribution in [2.75, 3.05) is 0 Å². The van der Waals surface area contributed by atoms with Crippen LogP contribution in [0.25, 0.3) is 0 Å². The highest BCUT2D eigenvalue weighted by Gasteiger charge is 2.21. The number of aryl methyl sites for hydroxylation is 1. The molecule has 128 valence electrons. The number of benzene rings is 1. The lowest BCUT2D eigenvalue weighted by Gasteiger charge is -2.07. The van der Waals surface area contributed by atoms with Gasteiger partial charge in [-0.3, -0.25) is 9.59 Å². The maximum absolute atomic E-state index is 11.9. The number of carboxylic acid groups (broad SMARTS) is 1. The Kier molecular flexibility index (Phi) is 9.27. The number of hydrogen-bond donors (Lipinski definition) is 1. The normalized spacial score (nSPS) is 12.1. The molecule has 0 fully saturated rings. The van der Waals surface area contributed by atoms with E-state index in [0.717, 1.165) is 6.42 Å². The van der Waals surface area contributed by atoms with Crippen molar-refractivity contribution < 1.29 is 14.7 Å². The van der Waals surface area contributed by atoms with E-state index in [1.165, 1.54) is 63.9 Å². The summed E-state index contributed by atoms with van der Waals surface area (Å²) in [5.41, 5.74) is 1.70. The molecule has 0 saturated carbocycles. The average molecular weight is 318 g/mol. The zero-order valence-corrected chi connectivity index (χ0v) is 14.5. The average Bonchev–Trinajstić information content (AvgIpc) is 2.56. The summed E-state index contributed by atoms with van der Waals surface area (Å²) in [5.74, 6) is -2.37. The van der Waals surface area contributed by atoms with E-state index in [1.807, 2.05) is 12.1 Å². The summed E-state index contributed by atoms with van der Waals surface area (Å²) in [6, 6.07) is 7.40. The predicted octanol–water partition coefficient (Wildman–Crippen LogP) is 5.27. The zero-order valence-electron chi connectivity index (χ0n) is 14.5. The van der Waals surface area contributed by atoms with Crippen molar-refractivity contribution in [3.05, 3.63) is 35.4 Å². The Hall–Kier alpha value is -1.64. The highest BCUT2D eigenvalue weighted by molar-refractivity contribution is 6.07. The van der Waals surface area contributed by atoms with Gasteiger partial charge in [-0.15, -0.1) is 0 Å². The number of ketones is 1. The number of carboxylic acids is 1. The van der Waals surface area contributed by atoms with Crippen molar-refractivity contribution >= 4 is 11.8 Å². The van der Waals surface area contributed by atoms with E-state index in [4.69, 9.17) is 5.11 Å². The summed E-state index contributed by atoms with van der Waals surface area (Å²) in [7, 11) is 0. The van der Waals surface area contributed by atoms with E-state index in [2.05, 4.69) is 6.92 Å². The first-order chi connectivity index (χ1) is 11.1. The van der Waals surface area contributed by atoms with Crippen molar-refractivity contribution in [3.8, 4) is 0 Å². The van der Waals surface area contributed by atoms with Gasteiger partial charge in [-0.05, 0) is 25.3 Å². The SMILES string of the molecule is CCCCCCCCCCc1ccc(C(=O)C(C)C(=O)O)cc1. The van der Waals surface area contributed by atoms with Gasteiger partial charge in [0.05, 0.1) is 0 Å². The van der Waals surface area contributed by atoms with Gasteiger partial charge in [-0.1, -0.05) is 76.1 Å². The lowest BCUT2D eigenvalue weighted by atomic mass is 9.97. The van der Waals surface area contributed by atoms with E-state index < -0.39 is 11.9 Å². The number of carbonyl (C=O) groups excluding carboxylic acids is 1. The predicted molar refractivity (Wildman–Crippen MR) is 93.9 cm³/mol. The minimum Gasteiger partial charge on any atom is -0.481 e. The monoisotopic (exact) mass is 318 g/mol. The van der Waals surface area contributed by atoms with Crippen LogP contribution in [-0.2, 0) is 11.2 Å². The first-order valence-corrected chi connectivity index (χ1v) is 8.92. The zero-order chi connectivity index (χ0) is 17.1. The van der Waals surface area contributed by atoms with Crippen LogP contribution < -0.4 is 0 Å². The molecular weight excluding hydrogens is 288 g/mol. The van der Waals surface area contributed by atoms with Gasteiger partial charge < -0.3 is 5.11 Å². The smallest absolute Gasteiger partial charge is 0.314 e. The highest BCUT2D eigenvalue weighted by atomic mass is 16.4. The Morgan fingerprint density at radius 2 is 1.43 bits per heavy atom. The maximum Gasteiger partial charge on any atom is 0.314 e. The van der Waals surface area contributed by atoms with Crippen LogP contribution in [0.5, 0.6) is 0 Å². The molecule has 1 rings (SSSR count). The number of unbranched alkanes of at least 4 members (excludes halogenated alkanes) is 7. The van der Waals surface area contributed by atoms with Gasteiger partial charge in [-0.25, -0.2) is 0 Å². The Balaban J connectivity index is 2.27. The van der Waals surface area contributed by atoms with Crippen LogP contribution in [0.15, 0.2) is 24.3 Å². The second kappa shape index (κ2) is 11.0. The molecule has 1 atom stereocenters. The molecule has 0 aliphatic rings. The summed E-state index contributed by atoms with van der Waals surface area (Å²) in [6.07, 6.45) is 11.5. The lowest BCUT2D eigenvalue weighted by Crippen LogP contribution is -2.20. The van der Waals surface area contributed by atoms with Crippen LogP contribution in [0.1, 0.15) is 81.1 Å². The van der Waals surface area contributed by atoms with E-state index in [0.29, 0.717) is 5.56 Å². The van der Waals surface area contributed by atoms with E-state index in [1.54, 1.807) is 12.1 Å². The summed E-state index contributed by atoms with van der Waals surface area (Å²) < 4.78 is 0. The minimum absolute atomic E-state index is 0.323. The molecule has 23 heavy (non-hydrogen) atoms. The molecule has 0 heterocycles. The fourth-order valence-electron chi connectivity index (χ4n) is 2.66. The molecule has 0 saturated heterocycles. The van der Waals surface area contributed by atoms with E-state index in [9.17, 15) is 9.59 Å². The molecule has 0 aromatic heterocycles. The largest absolute Gasteiger partial charge is 0.481 e. The van der Waals surface area contributed by atoms with Crippen molar-refractivity contribution in [1.29, 1.82) is 0 Å². The molecule has 1 N–H and O–H groups in total. The maximum atomic E-state index is 11.9. The number of Topliss-reactive ketones (excluding diaryl/α,β-unsaturated/α-hetero) is 1. The van der Waals surface area contributed by atoms with Gasteiger partial charge in [-0.2, -0.15) is 0 Å². The Morgan fingerprint density at radius 3 is 1.96 bits per heavy atom. The fraction of sp³-hybridized carbons (Fsp3) is 0.600. The van der Waals surface area contributed by atoms with Crippen LogP contribution in [0.4, 0.5) is 0 Å². The third-order valence-electron chi connectivity index (χ3n) is 4.32. The molecule has 0 spiro atoms. The molecule has 1 aromatic rings. The van der Waals surface area contributed by atoms with Gasteiger partial charge in [0.15, 0.2) is 5.78 Å². The van der Waals surface area contributed by atoms with Gasteiger partial charge >= 0.3 is 5.97 Å². The van der Waals surface area contributed by atoms with Gasteiger partial charge in [0.1, 0.15) is 5.92 Å². The molecule has 0 aliphatic carbocycles. The fourth-order valence-corrected chi connectivity index (χ4v) is 2.66. The molecule has 0 radical (unpaired) electrons. The Morgan fingerprint density at radius 1 is 0.913 bits per heavy atom. The van der Waals surface area contributed by atoms with Crippen LogP contribution in [0.3, 0.4) is 0 Å². The van der Waals surface area contributed by atoms with Crippen LogP contribution >= 0.6 is 0 Å². The standard InChI is InChI=1S/C20H30O3/c1-3-4-5-6-7-8-9-10-11-17-12-14-18(15-13-17)19(21)16(2)20(22)23/h12-16H,3-11H2,1-2H3,(H,22,23). The first kappa shape index (κ1) is 19.4. The van der Waals surface area contributed by atoms with Gasteiger partial charge in [0.25, 0.3) is 0 Å². The topological polar surface area (TPSA) is 54.4 Å². The van der Waals surface area contributed by atoms with E-state index in [-0.39, 0.29) is 5.78 Å². The Bertz CT molecular complexity index is 476. The van der Waals surface area contributed by atoms with Gasteiger partial charge in [0, 0.05) is 5.56 Å². The number of carbonyl (C=O) groups is 2. The lowest BCUT2D eigenvalue weighted by molar-refractivity contribution is -0.139. The molecule has 0 aliphatic heterocycles. The second-order valence-corrected chi connectivity index (χ2v) is 6.35. The quantitative estimate of drug-likeness (QED) is 0.324. The summed E-state index contributed by atoms with van der Waals surface area (Å²) in [4.78, 5) is 22.8. The minimum atomic E-state index is -1.07. The summed E-state index contributed by atoms with van der Waals surface area (Å²) >= 11 is 0. The van der Waals surface area contributed by atoms with Crippen molar-refractivity contribution in [2.45, 2.75) is 71.6 Å². The third kappa shape index (κ3) is 7.45. The molecule has 3 heteroatoms. The van der Waals surface area contributed by atoms with E-state index >= 15 is 0 Å². The van der Waals surface area contributed by atoms with Crippen LogP contribution in [0.2, 0.25) is 0 Å². The van der Waals surface area contributed by atoms with Crippen molar-refractivity contribution in [3.63, 3.8) is 0 Å². The number of rotatable bonds is 12. The molecule has 0 bridgehead atoms. The van der Waals surface area contributed by atoms with Crippen LogP contribution in [0, 0.1) is 5.92 Å². The van der Waals surface area contributed by atoms with Crippen LogP contribution in [-0.4, -0.2) is 16.9 Å². The highest BCUT2D eigenvalue weighted by Crippen LogP contribution is 2.14. The van der Waals surface area contributed by atoms with Crippen molar-refractivity contribution in [2.24, 2.45) is 5.92 Å². The van der Waals surface area contributed by atoms with Crippen molar-refractivity contribution in [1.82, 2.24) is 0 Å². The first-order valence-electron chi connectivity index (χ1n) is 8.92. The number of aliphatic carboxylic acids is 1. The molecule has 1 aromatic carbocycles. The second-order valence-electron chi connectivity index (χ2n) is 6.35. The Labute approximate surface area is 140 Å². The number of hydrogen-bond acceptors (Lipinski definition) is 2. The summed E-state index contributed by atoms with van der Waals surface area (Å²) in [6.45, 7) is 3.67.